The number of hydrogen-bond acceptors (Lipinski definition) is 3. The summed E-state index contributed by atoms with van der Waals surface area (Å²) < 4.78 is 5.04. The molecule has 2 N–H and O–H groups in total. The maximum absolute atomic E-state index is 10.8. The van der Waals surface area contributed by atoms with E-state index in [2.05, 4.69) is 4.90 Å². The molecule has 4 nitrogen and oxygen atoms in total. The Morgan fingerprint density at radius 2 is 2.40 bits per heavy atom. The minimum Gasteiger partial charge on any atom is -0.385 e. The third-order valence-electron chi connectivity index (χ3n) is 2.94. The molecule has 0 aromatic heterocycles. The molecule has 1 aliphatic heterocycles. The third kappa shape index (κ3) is 5.14. The van der Waals surface area contributed by atoms with Gasteiger partial charge in [-0.25, -0.2) is 0 Å². The van der Waals surface area contributed by atoms with E-state index in [1.54, 1.807) is 7.11 Å². The Balaban J connectivity index is 2.19. The number of carbonyl (C=O) groups is 1. The molecule has 1 fully saturated rings. The molecule has 0 radical (unpaired) electrons. The summed E-state index contributed by atoms with van der Waals surface area (Å²) >= 11 is 0. The Labute approximate surface area is 91.8 Å². The van der Waals surface area contributed by atoms with Crippen molar-refractivity contribution in [3.8, 4) is 0 Å². The number of piperidine rings is 1. The normalized spacial score (nSPS) is 22.9. The third-order valence-corrected chi connectivity index (χ3v) is 2.94. The van der Waals surface area contributed by atoms with Gasteiger partial charge in [-0.3, -0.25) is 9.69 Å². The highest BCUT2D eigenvalue weighted by Gasteiger charge is 2.20. The van der Waals surface area contributed by atoms with Crippen LogP contribution in [0, 0.1) is 5.92 Å². The average molecular weight is 214 g/mol. The van der Waals surface area contributed by atoms with E-state index in [4.69, 9.17) is 10.5 Å². The molecule has 0 bridgehead atoms. The molecule has 1 unspecified atom stereocenters. The number of likely N-dealkylation sites (tertiary alicyclic amines) is 1. The van der Waals surface area contributed by atoms with E-state index in [9.17, 15) is 4.79 Å². The Morgan fingerprint density at radius 1 is 1.60 bits per heavy atom. The molecule has 0 saturated carbocycles. The van der Waals surface area contributed by atoms with Crippen molar-refractivity contribution in [1.82, 2.24) is 4.90 Å². The van der Waals surface area contributed by atoms with Gasteiger partial charge in [-0.2, -0.15) is 0 Å². The molecule has 0 aromatic rings. The van der Waals surface area contributed by atoms with Crippen LogP contribution in [0.15, 0.2) is 0 Å². The molecule has 1 saturated heterocycles. The zero-order chi connectivity index (χ0) is 11.1. The van der Waals surface area contributed by atoms with Gasteiger partial charge in [-0.1, -0.05) is 0 Å². The van der Waals surface area contributed by atoms with E-state index in [0.29, 0.717) is 12.5 Å². The Bertz CT molecular complexity index is 197. The van der Waals surface area contributed by atoms with E-state index >= 15 is 0 Å². The molecule has 0 spiro atoms. The summed E-state index contributed by atoms with van der Waals surface area (Å²) in [5, 5.41) is 0. The van der Waals surface area contributed by atoms with Crippen LogP contribution in [0.3, 0.4) is 0 Å². The van der Waals surface area contributed by atoms with E-state index in [0.717, 1.165) is 26.1 Å². The van der Waals surface area contributed by atoms with Crippen LogP contribution in [0.25, 0.3) is 0 Å². The second kappa shape index (κ2) is 6.80. The molecule has 1 rings (SSSR count). The van der Waals surface area contributed by atoms with Gasteiger partial charge >= 0.3 is 0 Å². The van der Waals surface area contributed by atoms with Gasteiger partial charge in [0.1, 0.15) is 0 Å². The molecule has 15 heavy (non-hydrogen) atoms. The summed E-state index contributed by atoms with van der Waals surface area (Å²) in [7, 11) is 1.74. The molecule has 88 valence electrons. The average Bonchev–Trinajstić information content (AvgIpc) is 2.18. The van der Waals surface area contributed by atoms with Crippen molar-refractivity contribution >= 4 is 5.91 Å². The molecule has 1 amide bonds. The van der Waals surface area contributed by atoms with Gasteiger partial charge in [0.15, 0.2) is 0 Å². The number of amides is 1. The van der Waals surface area contributed by atoms with Crippen molar-refractivity contribution in [2.45, 2.75) is 25.7 Å². The first kappa shape index (κ1) is 12.5. The summed E-state index contributed by atoms with van der Waals surface area (Å²) in [6.45, 7) is 3.30. The van der Waals surface area contributed by atoms with Crippen LogP contribution < -0.4 is 5.73 Å². The Kier molecular flexibility index (Phi) is 5.65. The molecule has 1 aliphatic rings. The number of nitrogens with zero attached hydrogens (tertiary/aromatic N) is 1. The number of methoxy groups -OCH3 is 1. The lowest BCUT2D eigenvalue weighted by molar-refractivity contribution is -0.119. The van der Waals surface area contributed by atoms with E-state index < -0.39 is 0 Å². The second-order valence-electron chi connectivity index (χ2n) is 4.34. The van der Waals surface area contributed by atoms with Gasteiger partial charge in [-0.15, -0.1) is 0 Å². The fraction of sp³-hybridized carbons (Fsp3) is 0.909. The molecular formula is C11H22N2O2. The van der Waals surface area contributed by atoms with E-state index in [-0.39, 0.29) is 5.91 Å². The van der Waals surface area contributed by atoms with Gasteiger partial charge in [0.2, 0.25) is 5.91 Å². The summed E-state index contributed by atoms with van der Waals surface area (Å²) in [5.41, 5.74) is 5.19. The lowest BCUT2D eigenvalue weighted by Gasteiger charge is -2.31. The minimum atomic E-state index is -0.215. The number of hydrogen-bond donors (Lipinski definition) is 1. The molecule has 1 heterocycles. The zero-order valence-corrected chi connectivity index (χ0v) is 9.58. The van der Waals surface area contributed by atoms with Gasteiger partial charge in [0.05, 0.1) is 6.54 Å². The molecular weight excluding hydrogens is 192 g/mol. The predicted molar refractivity (Wildman–Crippen MR) is 59.5 cm³/mol. The highest BCUT2D eigenvalue weighted by Crippen LogP contribution is 2.20. The van der Waals surface area contributed by atoms with Crippen LogP contribution in [0.1, 0.15) is 25.7 Å². The fourth-order valence-corrected chi connectivity index (χ4v) is 2.27. The summed E-state index contributed by atoms with van der Waals surface area (Å²) in [6, 6.07) is 0. The van der Waals surface area contributed by atoms with Crippen LogP contribution in [-0.2, 0) is 9.53 Å². The predicted octanol–water partition coefficient (Wildman–Crippen LogP) is 0.610. The molecule has 0 aliphatic carbocycles. The van der Waals surface area contributed by atoms with Crippen molar-refractivity contribution in [3.63, 3.8) is 0 Å². The molecule has 4 heteroatoms. The Morgan fingerprint density at radius 3 is 3.07 bits per heavy atom. The lowest BCUT2D eigenvalue weighted by Crippen LogP contribution is -2.40. The van der Waals surface area contributed by atoms with Gasteiger partial charge in [0.25, 0.3) is 0 Å². The number of primary amides is 1. The first-order valence-electron chi connectivity index (χ1n) is 5.72. The number of ether oxygens (including phenoxy) is 1. The van der Waals surface area contributed by atoms with Crippen LogP contribution >= 0.6 is 0 Å². The van der Waals surface area contributed by atoms with Gasteiger partial charge < -0.3 is 10.5 Å². The Hall–Kier alpha value is -0.610. The first-order chi connectivity index (χ1) is 7.22. The van der Waals surface area contributed by atoms with Gasteiger partial charge in [-0.05, 0) is 38.1 Å². The van der Waals surface area contributed by atoms with Crippen LogP contribution in [-0.4, -0.2) is 44.2 Å². The summed E-state index contributed by atoms with van der Waals surface area (Å²) in [5.74, 6) is 0.501. The monoisotopic (exact) mass is 214 g/mol. The van der Waals surface area contributed by atoms with Crippen molar-refractivity contribution in [2.24, 2.45) is 11.7 Å². The first-order valence-corrected chi connectivity index (χ1v) is 5.72. The van der Waals surface area contributed by atoms with Crippen LogP contribution in [0.2, 0.25) is 0 Å². The fourth-order valence-electron chi connectivity index (χ4n) is 2.27. The highest BCUT2D eigenvalue weighted by molar-refractivity contribution is 5.75. The number of rotatable bonds is 6. The van der Waals surface area contributed by atoms with Crippen LogP contribution in [0.5, 0.6) is 0 Å². The van der Waals surface area contributed by atoms with Crippen molar-refractivity contribution in [3.05, 3.63) is 0 Å². The van der Waals surface area contributed by atoms with Crippen molar-refractivity contribution in [2.75, 3.05) is 33.4 Å². The summed E-state index contributed by atoms with van der Waals surface area (Å²) in [4.78, 5) is 13.0. The molecule has 1 atom stereocenters. The van der Waals surface area contributed by atoms with Crippen molar-refractivity contribution < 1.29 is 9.53 Å². The summed E-state index contributed by atoms with van der Waals surface area (Å²) in [6.07, 6.45) is 4.78. The largest absolute Gasteiger partial charge is 0.385 e. The maximum atomic E-state index is 10.8. The van der Waals surface area contributed by atoms with Crippen molar-refractivity contribution in [1.29, 1.82) is 0 Å². The highest BCUT2D eigenvalue weighted by atomic mass is 16.5. The quantitative estimate of drug-likeness (QED) is 0.659. The van der Waals surface area contributed by atoms with E-state index in [1.807, 2.05) is 0 Å². The smallest absolute Gasteiger partial charge is 0.231 e. The van der Waals surface area contributed by atoms with Crippen LogP contribution in [0.4, 0.5) is 0 Å². The molecule has 0 aromatic carbocycles. The zero-order valence-electron chi connectivity index (χ0n) is 9.58. The minimum absolute atomic E-state index is 0.215. The van der Waals surface area contributed by atoms with Gasteiger partial charge in [0, 0.05) is 20.3 Å². The topological polar surface area (TPSA) is 55.6 Å². The lowest BCUT2D eigenvalue weighted by atomic mass is 9.93. The van der Waals surface area contributed by atoms with E-state index in [1.165, 1.54) is 19.3 Å². The standard InChI is InChI=1S/C11H22N2O2/c1-15-7-3-5-10-4-2-6-13(8-10)9-11(12)14/h10H,2-9H2,1H3,(H2,12,14). The SMILES string of the molecule is COCCCC1CCCN(CC(N)=O)C1. The second-order valence-corrected chi connectivity index (χ2v) is 4.34. The number of nitrogens with two attached hydrogens (primary N) is 1. The number of carbonyl (C=O) groups excluding carboxylic acids is 1. The maximum Gasteiger partial charge on any atom is 0.231 e.